The van der Waals surface area contributed by atoms with Crippen LogP contribution in [-0.2, 0) is 19.3 Å². The smallest absolute Gasteiger partial charge is 0.293 e. The Morgan fingerprint density at radius 2 is 1.91 bits per heavy atom. The summed E-state index contributed by atoms with van der Waals surface area (Å²) in [6, 6.07) is 2.49. The van der Waals surface area contributed by atoms with Gasteiger partial charge in [0.05, 0.1) is 6.61 Å². The van der Waals surface area contributed by atoms with E-state index in [2.05, 4.69) is 22.9 Å². The van der Waals surface area contributed by atoms with Gasteiger partial charge in [-0.15, -0.1) is 0 Å². The molecule has 0 radical (unpaired) electrons. The van der Waals surface area contributed by atoms with Crippen molar-refractivity contribution in [1.82, 2.24) is 0 Å². The molecule has 1 aliphatic heterocycles. The molecule has 124 valence electrons. The first kappa shape index (κ1) is 16.2. The lowest BCUT2D eigenvalue weighted by molar-refractivity contribution is -0.901. The zero-order valence-corrected chi connectivity index (χ0v) is 14.1. The zero-order chi connectivity index (χ0) is 16.2. The number of fused-ring (bicyclic) bond motifs is 1. The second-order valence-corrected chi connectivity index (χ2v) is 6.67. The normalized spacial score (nSPS) is 18.6. The average Bonchev–Trinajstić information content (AvgIpc) is 2.61. The molecule has 2 aliphatic rings. The molecule has 5 nitrogen and oxygen atoms in total. The van der Waals surface area contributed by atoms with Crippen LogP contribution in [0.15, 0.2) is 0 Å². The number of quaternary nitrogens is 1. The van der Waals surface area contributed by atoms with Gasteiger partial charge in [0.25, 0.3) is 5.82 Å². The monoisotopic (exact) mass is 316 g/mol. The topological polar surface area (TPSA) is 65.8 Å². The predicted molar refractivity (Wildman–Crippen MR) is 88.6 cm³/mol. The summed E-state index contributed by atoms with van der Waals surface area (Å²) in [6.07, 6.45) is 5.59. The van der Waals surface area contributed by atoms with E-state index in [1.807, 2.05) is 0 Å². The molecular weight excluding hydrogens is 288 g/mol. The Hall–Kier alpha value is -1.64. The quantitative estimate of drug-likeness (QED) is 0.788. The maximum absolute atomic E-state index is 9.77. The van der Waals surface area contributed by atoms with Crippen LogP contribution in [0, 0.1) is 11.3 Å². The highest BCUT2D eigenvalue weighted by atomic mass is 16.3. The highest BCUT2D eigenvalue weighted by molar-refractivity contribution is 5.58. The zero-order valence-electron chi connectivity index (χ0n) is 14.1. The second-order valence-electron chi connectivity index (χ2n) is 6.67. The van der Waals surface area contributed by atoms with E-state index < -0.39 is 0 Å². The van der Waals surface area contributed by atoms with Crippen molar-refractivity contribution >= 4 is 5.82 Å². The number of nitriles is 1. The summed E-state index contributed by atoms with van der Waals surface area (Å²) >= 11 is 0. The number of H-pyrrole nitrogens is 1. The summed E-state index contributed by atoms with van der Waals surface area (Å²) in [4.78, 5) is 7.40. The van der Waals surface area contributed by atoms with Crippen LogP contribution < -0.4 is 14.8 Å². The molecule has 3 N–H and O–H groups in total. The van der Waals surface area contributed by atoms with Gasteiger partial charge in [-0.05, 0) is 36.8 Å². The Bertz CT molecular complexity index is 600. The van der Waals surface area contributed by atoms with E-state index in [-0.39, 0.29) is 6.61 Å². The van der Waals surface area contributed by atoms with Crippen LogP contribution in [0.5, 0.6) is 0 Å². The number of anilines is 1. The van der Waals surface area contributed by atoms with Gasteiger partial charge in [-0.2, -0.15) is 5.26 Å². The SMILES string of the molecule is CCc1[nH+]c(N2CC[NH+](CCO)CC2)c(C#N)c2c1CCCC2. The van der Waals surface area contributed by atoms with Crippen LogP contribution in [0.4, 0.5) is 5.82 Å². The number of aromatic amines is 1. The molecule has 0 amide bonds. The van der Waals surface area contributed by atoms with Crippen molar-refractivity contribution in [3.63, 3.8) is 0 Å². The van der Waals surface area contributed by atoms with Crippen molar-refractivity contribution < 1.29 is 15.0 Å². The van der Waals surface area contributed by atoms with Crippen LogP contribution >= 0.6 is 0 Å². The summed E-state index contributed by atoms with van der Waals surface area (Å²) in [5.74, 6) is 1.04. The molecule has 0 spiro atoms. The van der Waals surface area contributed by atoms with Gasteiger partial charge in [0.2, 0.25) is 0 Å². The van der Waals surface area contributed by atoms with Gasteiger partial charge in [0.15, 0.2) is 0 Å². The number of pyridine rings is 1. The van der Waals surface area contributed by atoms with Crippen LogP contribution in [0.3, 0.4) is 0 Å². The number of aliphatic hydroxyl groups is 1. The van der Waals surface area contributed by atoms with Crippen LogP contribution in [0.2, 0.25) is 0 Å². The molecule has 0 bridgehead atoms. The number of nitrogens with zero attached hydrogens (tertiary/aromatic N) is 2. The maximum Gasteiger partial charge on any atom is 0.293 e. The molecule has 0 atom stereocenters. The van der Waals surface area contributed by atoms with E-state index in [4.69, 9.17) is 5.11 Å². The van der Waals surface area contributed by atoms with E-state index in [1.165, 1.54) is 34.6 Å². The number of hydrogen-bond acceptors (Lipinski definition) is 3. The summed E-state index contributed by atoms with van der Waals surface area (Å²) in [7, 11) is 0. The molecular formula is C18H28N4O+2. The fourth-order valence-electron chi connectivity index (χ4n) is 4.05. The lowest BCUT2D eigenvalue weighted by Crippen LogP contribution is -3.15. The maximum atomic E-state index is 9.77. The molecule has 1 aromatic heterocycles. The molecule has 23 heavy (non-hydrogen) atoms. The third kappa shape index (κ3) is 3.19. The summed E-state index contributed by atoms with van der Waals surface area (Å²) in [5, 5.41) is 18.9. The number of piperazine rings is 1. The highest BCUT2D eigenvalue weighted by Crippen LogP contribution is 2.30. The van der Waals surface area contributed by atoms with Gasteiger partial charge in [-0.3, -0.25) is 0 Å². The van der Waals surface area contributed by atoms with Gasteiger partial charge < -0.3 is 10.0 Å². The minimum Gasteiger partial charge on any atom is -0.391 e. The Morgan fingerprint density at radius 1 is 1.22 bits per heavy atom. The van der Waals surface area contributed by atoms with Crippen molar-refractivity contribution in [2.24, 2.45) is 0 Å². The molecule has 1 aromatic rings. The fraction of sp³-hybridized carbons (Fsp3) is 0.667. The second kappa shape index (κ2) is 7.29. The van der Waals surface area contributed by atoms with Gasteiger partial charge in [0.1, 0.15) is 50.1 Å². The summed E-state index contributed by atoms with van der Waals surface area (Å²) < 4.78 is 0. The van der Waals surface area contributed by atoms with Crippen molar-refractivity contribution in [3.8, 4) is 6.07 Å². The minimum atomic E-state index is 0.254. The van der Waals surface area contributed by atoms with Crippen LogP contribution in [0.25, 0.3) is 0 Å². The Labute approximate surface area is 138 Å². The number of aromatic nitrogens is 1. The Kier molecular flexibility index (Phi) is 5.14. The molecule has 5 heteroatoms. The van der Waals surface area contributed by atoms with E-state index in [0.29, 0.717) is 0 Å². The molecule has 0 saturated carbocycles. The number of aliphatic hydroxyl groups excluding tert-OH is 1. The first-order valence-corrected chi connectivity index (χ1v) is 8.97. The fourth-order valence-corrected chi connectivity index (χ4v) is 4.05. The standard InChI is InChI=1S/C18H26N4O/c1-2-17-15-6-4-3-5-14(15)16(13-19)18(20-17)22-9-7-21(8-10-22)11-12-23/h23H,2-12H2,1H3/p+2. The Morgan fingerprint density at radius 3 is 2.52 bits per heavy atom. The highest BCUT2D eigenvalue weighted by Gasteiger charge is 2.32. The third-order valence-corrected chi connectivity index (χ3v) is 5.36. The van der Waals surface area contributed by atoms with E-state index in [9.17, 15) is 5.26 Å². The molecule has 0 aromatic carbocycles. The van der Waals surface area contributed by atoms with Gasteiger partial charge in [0, 0.05) is 6.42 Å². The molecule has 2 heterocycles. The number of aryl methyl sites for hydroxylation is 1. The molecule has 0 unspecified atom stereocenters. The largest absolute Gasteiger partial charge is 0.391 e. The lowest BCUT2D eigenvalue weighted by atomic mass is 9.87. The van der Waals surface area contributed by atoms with E-state index in [0.717, 1.165) is 63.4 Å². The first-order valence-electron chi connectivity index (χ1n) is 8.97. The van der Waals surface area contributed by atoms with Crippen molar-refractivity contribution in [2.45, 2.75) is 39.0 Å². The number of nitrogens with one attached hydrogen (secondary N) is 2. The number of hydrogen-bond donors (Lipinski definition) is 2. The summed E-state index contributed by atoms with van der Waals surface area (Å²) in [5.41, 5.74) is 4.90. The van der Waals surface area contributed by atoms with Gasteiger partial charge >= 0.3 is 0 Å². The molecule has 1 fully saturated rings. The average molecular weight is 316 g/mol. The van der Waals surface area contributed by atoms with E-state index in [1.54, 1.807) is 0 Å². The molecule has 1 aliphatic carbocycles. The molecule has 1 saturated heterocycles. The van der Waals surface area contributed by atoms with E-state index >= 15 is 0 Å². The van der Waals surface area contributed by atoms with Crippen molar-refractivity contribution in [2.75, 3.05) is 44.2 Å². The third-order valence-electron chi connectivity index (χ3n) is 5.36. The number of rotatable bonds is 4. The van der Waals surface area contributed by atoms with Crippen molar-refractivity contribution in [3.05, 3.63) is 22.4 Å². The van der Waals surface area contributed by atoms with Gasteiger partial charge in [-0.1, -0.05) is 6.92 Å². The van der Waals surface area contributed by atoms with Crippen LogP contribution in [-0.4, -0.2) is 44.4 Å². The lowest BCUT2D eigenvalue weighted by Gasteiger charge is -2.29. The van der Waals surface area contributed by atoms with Gasteiger partial charge in [-0.25, -0.2) is 9.88 Å². The van der Waals surface area contributed by atoms with Crippen LogP contribution in [0.1, 0.15) is 42.1 Å². The minimum absolute atomic E-state index is 0.254. The first-order chi connectivity index (χ1) is 11.3. The molecule has 3 rings (SSSR count). The predicted octanol–water partition coefficient (Wildman–Crippen LogP) is -0.489. The summed E-state index contributed by atoms with van der Waals surface area (Å²) in [6.45, 7) is 7.22. The van der Waals surface area contributed by atoms with Crippen molar-refractivity contribution in [1.29, 1.82) is 5.26 Å². The Balaban J connectivity index is 1.92.